The maximum atomic E-state index is 13.1. The smallest absolute Gasteiger partial charge is 0.255 e. The Morgan fingerprint density at radius 1 is 1.17 bits per heavy atom. The summed E-state index contributed by atoms with van der Waals surface area (Å²) in [5.41, 5.74) is 4.94. The minimum atomic E-state index is 0.0869. The van der Waals surface area contributed by atoms with Crippen LogP contribution in [0.2, 0.25) is 0 Å². The summed E-state index contributed by atoms with van der Waals surface area (Å²) in [7, 11) is 1.68. The van der Waals surface area contributed by atoms with Crippen LogP contribution < -0.4 is 4.74 Å². The minimum Gasteiger partial charge on any atom is -0.497 e. The van der Waals surface area contributed by atoms with Crippen molar-refractivity contribution in [3.8, 4) is 17.1 Å². The highest BCUT2D eigenvalue weighted by Gasteiger charge is 2.22. The quantitative estimate of drug-likeness (QED) is 0.526. The highest BCUT2D eigenvalue weighted by atomic mass is 32.1. The fraction of sp³-hybridized carbons (Fsp3) is 0.391. The van der Waals surface area contributed by atoms with Crippen molar-refractivity contribution in [3.05, 3.63) is 57.5 Å². The third-order valence-electron chi connectivity index (χ3n) is 5.31. The zero-order chi connectivity index (χ0) is 21.0. The second-order valence-corrected chi connectivity index (χ2v) is 8.07. The summed E-state index contributed by atoms with van der Waals surface area (Å²) in [6.07, 6.45) is 0.870. The van der Waals surface area contributed by atoms with Gasteiger partial charge in [0.05, 0.1) is 29.1 Å². The van der Waals surface area contributed by atoms with Gasteiger partial charge in [0.15, 0.2) is 0 Å². The zero-order valence-electron chi connectivity index (χ0n) is 17.9. The van der Waals surface area contributed by atoms with E-state index in [4.69, 9.17) is 4.74 Å². The molecule has 0 radical (unpaired) electrons. The number of amides is 1. The van der Waals surface area contributed by atoms with Crippen molar-refractivity contribution in [1.29, 1.82) is 0 Å². The van der Waals surface area contributed by atoms with Crippen LogP contribution in [0, 0.1) is 13.8 Å². The van der Waals surface area contributed by atoms with Gasteiger partial charge in [-0.15, -0.1) is 11.3 Å². The average Bonchev–Trinajstić information content (AvgIpc) is 3.30. The van der Waals surface area contributed by atoms with Gasteiger partial charge in [-0.1, -0.05) is 12.1 Å². The number of methoxy groups -OCH3 is 1. The lowest BCUT2D eigenvalue weighted by atomic mass is 10.1. The van der Waals surface area contributed by atoms with Crippen LogP contribution in [0.15, 0.2) is 35.7 Å². The Kier molecular flexibility index (Phi) is 6.75. The molecule has 2 heterocycles. The molecule has 0 unspecified atom stereocenters. The molecule has 3 aromatic rings. The first-order valence-corrected chi connectivity index (χ1v) is 10.9. The first kappa shape index (κ1) is 21.1. The molecule has 1 aromatic carbocycles. The van der Waals surface area contributed by atoms with Crippen molar-refractivity contribution >= 4 is 17.2 Å². The van der Waals surface area contributed by atoms with Crippen LogP contribution in [0.5, 0.6) is 5.75 Å². The number of benzene rings is 1. The molecule has 0 saturated heterocycles. The van der Waals surface area contributed by atoms with Gasteiger partial charge in [-0.3, -0.25) is 4.79 Å². The monoisotopic (exact) mass is 411 g/mol. The maximum Gasteiger partial charge on any atom is 0.255 e. The summed E-state index contributed by atoms with van der Waals surface area (Å²) in [6, 6.07) is 10.2. The van der Waals surface area contributed by atoms with Crippen molar-refractivity contribution < 1.29 is 9.53 Å². The molecule has 0 bridgehead atoms. The molecule has 0 spiro atoms. The molecule has 0 aliphatic carbocycles. The fourth-order valence-corrected chi connectivity index (χ4v) is 4.16. The van der Waals surface area contributed by atoms with E-state index in [9.17, 15) is 4.79 Å². The SMILES string of the molecule is CCN(CC)C(=O)c1cc(-c2csc(C)n2)n(CCc2ccc(OC)cc2)c1C. The highest BCUT2D eigenvalue weighted by molar-refractivity contribution is 7.09. The van der Waals surface area contributed by atoms with Crippen molar-refractivity contribution in [3.63, 3.8) is 0 Å². The normalized spacial score (nSPS) is 10.9. The Morgan fingerprint density at radius 2 is 1.86 bits per heavy atom. The van der Waals surface area contributed by atoms with Gasteiger partial charge in [-0.05, 0) is 57.9 Å². The molecule has 29 heavy (non-hydrogen) atoms. The lowest BCUT2D eigenvalue weighted by Gasteiger charge is -2.18. The summed E-state index contributed by atoms with van der Waals surface area (Å²) in [4.78, 5) is 19.6. The van der Waals surface area contributed by atoms with Crippen molar-refractivity contribution in [1.82, 2.24) is 14.5 Å². The molecule has 2 aromatic heterocycles. The van der Waals surface area contributed by atoms with Gasteiger partial charge in [0, 0.05) is 30.7 Å². The lowest BCUT2D eigenvalue weighted by molar-refractivity contribution is 0.0772. The van der Waals surface area contributed by atoms with Gasteiger partial charge in [0.2, 0.25) is 0 Å². The Hall–Kier alpha value is -2.60. The van der Waals surface area contributed by atoms with E-state index < -0.39 is 0 Å². The van der Waals surface area contributed by atoms with E-state index in [1.165, 1.54) is 5.56 Å². The van der Waals surface area contributed by atoms with Crippen LogP contribution in [-0.2, 0) is 13.0 Å². The summed E-state index contributed by atoms with van der Waals surface area (Å²) in [5, 5.41) is 3.09. The van der Waals surface area contributed by atoms with E-state index in [-0.39, 0.29) is 5.91 Å². The van der Waals surface area contributed by atoms with Crippen molar-refractivity contribution in [2.75, 3.05) is 20.2 Å². The van der Waals surface area contributed by atoms with Crippen LogP contribution in [-0.4, -0.2) is 40.6 Å². The number of hydrogen-bond acceptors (Lipinski definition) is 4. The van der Waals surface area contributed by atoms with Crippen LogP contribution in [0.25, 0.3) is 11.4 Å². The number of ether oxygens (including phenoxy) is 1. The van der Waals surface area contributed by atoms with Crippen LogP contribution in [0.3, 0.4) is 0 Å². The second kappa shape index (κ2) is 9.27. The number of nitrogens with zero attached hydrogens (tertiary/aromatic N) is 3. The first-order valence-electron chi connectivity index (χ1n) is 10.0. The minimum absolute atomic E-state index is 0.0869. The van der Waals surface area contributed by atoms with Crippen molar-refractivity contribution in [2.24, 2.45) is 0 Å². The van der Waals surface area contributed by atoms with Gasteiger partial charge in [0.25, 0.3) is 5.91 Å². The van der Waals surface area contributed by atoms with Crippen LogP contribution in [0.4, 0.5) is 0 Å². The molecule has 154 valence electrons. The lowest BCUT2D eigenvalue weighted by Crippen LogP contribution is -2.30. The second-order valence-electron chi connectivity index (χ2n) is 7.01. The Balaban J connectivity index is 1.95. The van der Waals surface area contributed by atoms with E-state index in [0.717, 1.165) is 46.4 Å². The van der Waals surface area contributed by atoms with E-state index in [0.29, 0.717) is 13.1 Å². The summed E-state index contributed by atoms with van der Waals surface area (Å²) < 4.78 is 7.48. The molecular weight excluding hydrogens is 382 g/mol. The van der Waals surface area contributed by atoms with Gasteiger partial charge < -0.3 is 14.2 Å². The standard InChI is InChI=1S/C23H29N3O2S/c1-6-25(7-2)23(27)20-14-22(21-15-29-17(4)24-21)26(16(20)3)13-12-18-8-10-19(28-5)11-9-18/h8-11,14-15H,6-7,12-13H2,1-5H3. The predicted molar refractivity (Wildman–Crippen MR) is 119 cm³/mol. The number of carbonyl (C=O) groups excluding carboxylic acids is 1. The van der Waals surface area contributed by atoms with Crippen LogP contribution in [0.1, 0.15) is 40.5 Å². The Labute approximate surface area is 177 Å². The molecule has 0 aliphatic heterocycles. The van der Waals surface area contributed by atoms with Crippen molar-refractivity contribution in [2.45, 2.75) is 40.7 Å². The Bertz CT molecular complexity index is 969. The molecule has 3 rings (SSSR count). The predicted octanol–water partition coefficient (Wildman–Crippen LogP) is 4.96. The number of thiazole rings is 1. The summed E-state index contributed by atoms with van der Waals surface area (Å²) in [5.74, 6) is 0.945. The third kappa shape index (κ3) is 4.53. The molecule has 0 aliphatic rings. The Morgan fingerprint density at radius 3 is 2.41 bits per heavy atom. The highest BCUT2D eigenvalue weighted by Crippen LogP contribution is 2.28. The molecule has 0 saturated carbocycles. The van der Waals surface area contributed by atoms with E-state index in [1.54, 1.807) is 18.4 Å². The molecule has 0 atom stereocenters. The zero-order valence-corrected chi connectivity index (χ0v) is 18.7. The number of hydrogen-bond donors (Lipinski definition) is 0. The molecule has 5 nitrogen and oxygen atoms in total. The van der Waals surface area contributed by atoms with Gasteiger partial charge >= 0.3 is 0 Å². The molecule has 1 amide bonds. The molecule has 0 N–H and O–H groups in total. The van der Waals surface area contributed by atoms with Gasteiger partial charge in [-0.2, -0.15) is 0 Å². The maximum absolute atomic E-state index is 13.1. The molecule has 6 heteroatoms. The average molecular weight is 412 g/mol. The van der Waals surface area contributed by atoms with Gasteiger partial charge in [-0.25, -0.2) is 4.98 Å². The third-order valence-corrected chi connectivity index (χ3v) is 6.09. The summed E-state index contributed by atoms with van der Waals surface area (Å²) in [6.45, 7) is 10.3. The number of aryl methyl sites for hydroxylation is 2. The number of carbonyl (C=O) groups is 1. The van der Waals surface area contributed by atoms with Gasteiger partial charge in [0.1, 0.15) is 5.75 Å². The number of rotatable bonds is 8. The molecular formula is C23H29N3O2S. The molecule has 0 fully saturated rings. The van der Waals surface area contributed by atoms with E-state index in [1.807, 2.05) is 50.8 Å². The largest absolute Gasteiger partial charge is 0.497 e. The topological polar surface area (TPSA) is 47.4 Å². The fourth-order valence-electron chi connectivity index (χ4n) is 3.56. The summed E-state index contributed by atoms with van der Waals surface area (Å²) >= 11 is 1.63. The van der Waals surface area contributed by atoms with Crippen LogP contribution >= 0.6 is 11.3 Å². The van der Waals surface area contributed by atoms with E-state index in [2.05, 4.69) is 27.1 Å². The first-order chi connectivity index (χ1) is 14.0. The van der Waals surface area contributed by atoms with E-state index >= 15 is 0 Å². The number of aromatic nitrogens is 2.